The molecule has 1 aromatic carbocycles. The molecule has 1 aliphatic heterocycles. The van der Waals surface area contributed by atoms with Gasteiger partial charge in [-0.2, -0.15) is 11.8 Å². The number of guanidine groups is 1. The van der Waals surface area contributed by atoms with Crippen LogP contribution in [0.5, 0.6) is 0 Å². The number of carbonyl (C=O) groups is 1. The summed E-state index contributed by atoms with van der Waals surface area (Å²) in [4.78, 5) is 18.4. The van der Waals surface area contributed by atoms with Crippen LogP contribution < -0.4 is 11.1 Å². The number of thioether (sulfide) groups is 1. The minimum absolute atomic E-state index is 0.174. The van der Waals surface area contributed by atoms with Crippen molar-refractivity contribution in [3.8, 4) is 0 Å². The molecule has 0 aromatic heterocycles. The van der Waals surface area contributed by atoms with Gasteiger partial charge in [-0.05, 0) is 38.0 Å². The van der Waals surface area contributed by atoms with E-state index in [1.165, 1.54) is 12.1 Å². The number of aliphatic imine (C=N–C) groups is 1. The number of carbonyl (C=O) groups excluding carboxylic acids is 1. The average Bonchev–Trinajstić information content (AvgIpc) is 2.55. The third kappa shape index (κ3) is 5.92. The minimum atomic E-state index is -0.380. The van der Waals surface area contributed by atoms with Crippen molar-refractivity contribution in [3.63, 3.8) is 0 Å². The molecule has 1 heterocycles. The topological polar surface area (TPSA) is 70.7 Å². The van der Waals surface area contributed by atoms with Crippen molar-refractivity contribution in [1.29, 1.82) is 0 Å². The summed E-state index contributed by atoms with van der Waals surface area (Å²) in [6.07, 6.45) is 0.473. The molecule has 25 heavy (non-hydrogen) atoms. The molecule has 1 aliphatic rings. The fraction of sp³-hybridized carbons (Fsp3) is 0.556. The average molecular weight is 367 g/mol. The van der Waals surface area contributed by atoms with Gasteiger partial charge in [0.25, 0.3) is 0 Å². The maximum atomic E-state index is 13.0. The van der Waals surface area contributed by atoms with Gasteiger partial charge in [0.15, 0.2) is 5.96 Å². The lowest BCUT2D eigenvalue weighted by atomic mass is 9.98. The monoisotopic (exact) mass is 366 g/mol. The van der Waals surface area contributed by atoms with Crippen LogP contribution in [0, 0.1) is 11.7 Å². The summed E-state index contributed by atoms with van der Waals surface area (Å²) in [5, 5.41) is 3.28. The molecule has 0 spiro atoms. The number of nitrogens with two attached hydrogens (primary N) is 1. The van der Waals surface area contributed by atoms with E-state index in [0.29, 0.717) is 13.0 Å². The number of nitrogens with zero attached hydrogens (tertiary/aromatic N) is 2. The zero-order chi connectivity index (χ0) is 18.4. The zero-order valence-corrected chi connectivity index (χ0v) is 15.9. The summed E-state index contributed by atoms with van der Waals surface area (Å²) in [5.41, 5.74) is 6.44. The molecule has 1 unspecified atom stereocenters. The summed E-state index contributed by atoms with van der Waals surface area (Å²) in [7, 11) is 1.75. The second-order valence-corrected chi connectivity index (χ2v) is 8.69. The first-order chi connectivity index (χ1) is 11.8. The molecule has 1 atom stereocenters. The fourth-order valence-corrected chi connectivity index (χ4v) is 4.03. The lowest BCUT2D eigenvalue weighted by Gasteiger charge is -2.39. The van der Waals surface area contributed by atoms with Gasteiger partial charge < -0.3 is 16.0 Å². The molecule has 138 valence electrons. The van der Waals surface area contributed by atoms with Gasteiger partial charge in [-0.3, -0.25) is 9.79 Å². The molecular formula is C18H27FN4OS. The van der Waals surface area contributed by atoms with Gasteiger partial charge in [-0.1, -0.05) is 12.1 Å². The first-order valence-electron chi connectivity index (χ1n) is 8.44. The smallest absolute Gasteiger partial charge is 0.222 e. The molecule has 1 aromatic rings. The number of amides is 1. The van der Waals surface area contributed by atoms with E-state index in [0.717, 1.165) is 30.4 Å². The Morgan fingerprint density at radius 1 is 1.44 bits per heavy atom. The maximum absolute atomic E-state index is 13.0. The number of hydrogen-bond donors (Lipinski definition) is 2. The highest BCUT2D eigenvalue weighted by atomic mass is 32.2. The van der Waals surface area contributed by atoms with E-state index < -0.39 is 0 Å². The third-order valence-corrected chi connectivity index (χ3v) is 5.54. The van der Waals surface area contributed by atoms with E-state index in [-0.39, 0.29) is 22.4 Å². The van der Waals surface area contributed by atoms with Crippen LogP contribution >= 0.6 is 11.8 Å². The number of primary amides is 1. The molecule has 7 heteroatoms. The van der Waals surface area contributed by atoms with E-state index in [4.69, 9.17) is 5.73 Å². The number of nitrogens with one attached hydrogen (secondary N) is 1. The summed E-state index contributed by atoms with van der Waals surface area (Å²) < 4.78 is 13.2. The molecule has 0 saturated carbocycles. The Hall–Kier alpha value is -1.76. The van der Waals surface area contributed by atoms with Crippen molar-refractivity contribution in [2.75, 3.05) is 32.4 Å². The quantitative estimate of drug-likeness (QED) is 0.617. The van der Waals surface area contributed by atoms with Crippen molar-refractivity contribution in [3.05, 3.63) is 35.6 Å². The number of rotatable bonds is 5. The van der Waals surface area contributed by atoms with Crippen molar-refractivity contribution < 1.29 is 9.18 Å². The lowest BCUT2D eigenvalue weighted by Crippen LogP contribution is -2.52. The highest BCUT2D eigenvalue weighted by Crippen LogP contribution is 2.29. The van der Waals surface area contributed by atoms with Crippen molar-refractivity contribution in [1.82, 2.24) is 10.2 Å². The SMILES string of the molecule is CN=C(NCC(Cc1ccc(F)cc1)C(N)=O)N1CCSC(C)(C)C1. The van der Waals surface area contributed by atoms with Crippen LogP contribution in [0.2, 0.25) is 0 Å². The lowest BCUT2D eigenvalue weighted by molar-refractivity contribution is -0.121. The van der Waals surface area contributed by atoms with Crippen LogP contribution in [-0.2, 0) is 11.2 Å². The first-order valence-corrected chi connectivity index (χ1v) is 9.42. The van der Waals surface area contributed by atoms with Gasteiger partial charge in [0, 0.05) is 37.2 Å². The minimum Gasteiger partial charge on any atom is -0.369 e. The predicted molar refractivity (Wildman–Crippen MR) is 102 cm³/mol. The van der Waals surface area contributed by atoms with E-state index in [1.807, 2.05) is 11.8 Å². The van der Waals surface area contributed by atoms with Crippen LogP contribution in [0.4, 0.5) is 4.39 Å². The maximum Gasteiger partial charge on any atom is 0.222 e. The molecule has 5 nitrogen and oxygen atoms in total. The van der Waals surface area contributed by atoms with Crippen molar-refractivity contribution in [2.24, 2.45) is 16.6 Å². The van der Waals surface area contributed by atoms with Crippen LogP contribution in [0.15, 0.2) is 29.3 Å². The van der Waals surface area contributed by atoms with Crippen LogP contribution in [0.1, 0.15) is 19.4 Å². The first kappa shape index (κ1) is 19.6. The molecule has 1 amide bonds. The number of halogens is 1. The Kier molecular flexibility index (Phi) is 6.70. The van der Waals surface area contributed by atoms with E-state index in [2.05, 4.69) is 29.1 Å². The Labute approximate surface area is 153 Å². The number of benzene rings is 1. The number of hydrogen-bond acceptors (Lipinski definition) is 3. The molecule has 0 bridgehead atoms. The highest BCUT2D eigenvalue weighted by molar-refractivity contribution is 8.00. The van der Waals surface area contributed by atoms with E-state index in [9.17, 15) is 9.18 Å². The second kappa shape index (κ2) is 8.56. The summed E-state index contributed by atoms with van der Waals surface area (Å²) in [5.74, 6) is 0.793. The van der Waals surface area contributed by atoms with Crippen LogP contribution in [-0.4, -0.2) is 53.9 Å². The molecular weight excluding hydrogens is 339 g/mol. The molecule has 0 radical (unpaired) electrons. The van der Waals surface area contributed by atoms with Gasteiger partial charge in [0.05, 0.1) is 5.92 Å². The fourth-order valence-electron chi connectivity index (χ4n) is 2.92. The van der Waals surface area contributed by atoms with Gasteiger partial charge in [-0.15, -0.1) is 0 Å². The Balaban J connectivity index is 1.97. The summed E-state index contributed by atoms with van der Waals surface area (Å²) in [6.45, 7) is 6.67. The molecule has 2 rings (SSSR count). The molecule has 0 aliphatic carbocycles. The van der Waals surface area contributed by atoms with Crippen LogP contribution in [0.25, 0.3) is 0 Å². The van der Waals surface area contributed by atoms with Crippen molar-refractivity contribution >= 4 is 23.6 Å². The Bertz CT molecular complexity index is 618. The normalized spacial score (nSPS) is 18.7. The molecule has 3 N–H and O–H groups in total. The predicted octanol–water partition coefficient (Wildman–Crippen LogP) is 1.87. The summed E-state index contributed by atoms with van der Waals surface area (Å²) >= 11 is 1.96. The highest BCUT2D eigenvalue weighted by Gasteiger charge is 2.29. The zero-order valence-electron chi connectivity index (χ0n) is 15.1. The standard InChI is InChI=1S/C18H27FN4OS/c1-18(2)12-23(8-9-25-18)17(21-3)22-11-14(16(20)24)10-13-4-6-15(19)7-5-13/h4-7,14H,8-12H2,1-3H3,(H2,20,24)(H,21,22). The molecule has 1 fully saturated rings. The van der Waals surface area contributed by atoms with Gasteiger partial charge >= 0.3 is 0 Å². The Morgan fingerprint density at radius 3 is 2.68 bits per heavy atom. The van der Waals surface area contributed by atoms with Crippen molar-refractivity contribution in [2.45, 2.75) is 25.0 Å². The molecule has 1 saturated heterocycles. The Morgan fingerprint density at radius 2 is 2.12 bits per heavy atom. The van der Waals surface area contributed by atoms with Gasteiger partial charge in [-0.25, -0.2) is 4.39 Å². The largest absolute Gasteiger partial charge is 0.369 e. The third-order valence-electron chi connectivity index (χ3n) is 4.24. The van der Waals surface area contributed by atoms with Crippen LogP contribution in [0.3, 0.4) is 0 Å². The van der Waals surface area contributed by atoms with Gasteiger partial charge in [0.1, 0.15) is 5.82 Å². The summed E-state index contributed by atoms with van der Waals surface area (Å²) in [6, 6.07) is 6.16. The van der Waals surface area contributed by atoms with E-state index >= 15 is 0 Å². The second-order valence-electron chi connectivity index (χ2n) is 6.89. The van der Waals surface area contributed by atoms with Gasteiger partial charge in [0.2, 0.25) is 5.91 Å². The van der Waals surface area contributed by atoms with E-state index in [1.54, 1.807) is 19.2 Å².